The summed E-state index contributed by atoms with van der Waals surface area (Å²) in [5.41, 5.74) is 7.93. The van der Waals surface area contributed by atoms with Crippen LogP contribution in [-0.2, 0) is 11.2 Å². The Balaban J connectivity index is 1.65. The lowest BCUT2D eigenvalue weighted by atomic mass is 10.1. The molecule has 0 bridgehead atoms. The summed E-state index contributed by atoms with van der Waals surface area (Å²) in [4.78, 5) is 12.2. The van der Waals surface area contributed by atoms with Gasteiger partial charge in [0.2, 0.25) is 11.0 Å². The van der Waals surface area contributed by atoms with Crippen molar-refractivity contribution in [1.29, 1.82) is 0 Å². The molecular weight excluding hydrogens is 388 g/mol. The SMILES string of the molecule is N[C@@H](Cc1ccccc1)C(=O)Nc1nnc(-c2cccc(Br)c2)s1. The number of carbonyl (C=O) groups excluding carboxylic acids is 1. The van der Waals surface area contributed by atoms with E-state index in [1.165, 1.54) is 11.3 Å². The Morgan fingerprint density at radius 3 is 2.71 bits per heavy atom. The van der Waals surface area contributed by atoms with Gasteiger partial charge in [0.05, 0.1) is 6.04 Å². The molecule has 0 radical (unpaired) electrons. The second-order valence-electron chi connectivity index (χ2n) is 5.21. The van der Waals surface area contributed by atoms with Gasteiger partial charge in [-0.25, -0.2) is 0 Å². The summed E-state index contributed by atoms with van der Waals surface area (Å²) in [7, 11) is 0. The van der Waals surface area contributed by atoms with Gasteiger partial charge < -0.3 is 5.73 Å². The van der Waals surface area contributed by atoms with Gasteiger partial charge in [-0.2, -0.15) is 0 Å². The Morgan fingerprint density at radius 2 is 1.96 bits per heavy atom. The number of aromatic nitrogens is 2. The molecule has 1 amide bonds. The smallest absolute Gasteiger partial charge is 0.243 e. The summed E-state index contributed by atoms with van der Waals surface area (Å²) in [5, 5.41) is 12.1. The van der Waals surface area contributed by atoms with Gasteiger partial charge in [0.15, 0.2) is 0 Å². The van der Waals surface area contributed by atoms with E-state index in [1.807, 2.05) is 54.6 Å². The minimum Gasteiger partial charge on any atom is -0.320 e. The van der Waals surface area contributed by atoms with Gasteiger partial charge >= 0.3 is 0 Å². The molecule has 122 valence electrons. The van der Waals surface area contributed by atoms with Gasteiger partial charge in [-0.1, -0.05) is 69.7 Å². The number of nitrogens with one attached hydrogen (secondary N) is 1. The minimum atomic E-state index is -0.634. The van der Waals surface area contributed by atoms with Crippen molar-refractivity contribution in [3.63, 3.8) is 0 Å². The number of nitrogens with two attached hydrogens (primary N) is 1. The Hall–Kier alpha value is -2.09. The van der Waals surface area contributed by atoms with Crippen molar-refractivity contribution in [2.75, 3.05) is 5.32 Å². The summed E-state index contributed by atoms with van der Waals surface area (Å²) >= 11 is 4.74. The van der Waals surface area contributed by atoms with E-state index in [-0.39, 0.29) is 5.91 Å². The summed E-state index contributed by atoms with van der Waals surface area (Å²) in [5.74, 6) is -0.268. The number of benzene rings is 2. The fourth-order valence-electron chi connectivity index (χ4n) is 2.17. The molecule has 0 spiro atoms. The van der Waals surface area contributed by atoms with Crippen LogP contribution in [0.2, 0.25) is 0 Å². The molecule has 24 heavy (non-hydrogen) atoms. The third-order valence-corrected chi connectivity index (χ3v) is 4.74. The van der Waals surface area contributed by atoms with Crippen LogP contribution in [0.5, 0.6) is 0 Å². The lowest BCUT2D eigenvalue weighted by Gasteiger charge is -2.10. The van der Waals surface area contributed by atoms with E-state index in [4.69, 9.17) is 5.73 Å². The topological polar surface area (TPSA) is 80.9 Å². The van der Waals surface area contributed by atoms with Crippen molar-refractivity contribution in [1.82, 2.24) is 10.2 Å². The van der Waals surface area contributed by atoms with E-state index in [9.17, 15) is 4.79 Å². The van der Waals surface area contributed by atoms with Crippen molar-refractivity contribution in [3.8, 4) is 10.6 Å². The average molecular weight is 403 g/mol. The van der Waals surface area contributed by atoms with Crippen LogP contribution in [0, 0.1) is 0 Å². The molecule has 3 aromatic rings. The number of amides is 1. The van der Waals surface area contributed by atoms with Crippen LogP contribution in [0.4, 0.5) is 5.13 Å². The number of halogens is 1. The van der Waals surface area contributed by atoms with Crippen LogP contribution in [0.1, 0.15) is 5.56 Å². The van der Waals surface area contributed by atoms with E-state index in [0.717, 1.165) is 20.6 Å². The van der Waals surface area contributed by atoms with Crippen molar-refractivity contribution in [3.05, 3.63) is 64.6 Å². The summed E-state index contributed by atoms with van der Waals surface area (Å²) in [6, 6.07) is 16.8. The molecule has 0 saturated carbocycles. The van der Waals surface area contributed by atoms with Gasteiger partial charge in [-0.3, -0.25) is 10.1 Å². The highest BCUT2D eigenvalue weighted by Gasteiger charge is 2.16. The monoisotopic (exact) mass is 402 g/mol. The van der Waals surface area contributed by atoms with Crippen LogP contribution in [-0.4, -0.2) is 22.1 Å². The fraction of sp³-hybridized carbons (Fsp3) is 0.118. The zero-order valence-electron chi connectivity index (χ0n) is 12.6. The molecule has 0 aliphatic carbocycles. The normalized spacial score (nSPS) is 11.9. The number of rotatable bonds is 5. The maximum absolute atomic E-state index is 12.2. The standard InChI is InChI=1S/C17H15BrN4OS/c18-13-8-4-7-12(10-13)16-21-22-17(24-16)20-15(23)14(19)9-11-5-2-1-3-6-11/h1-8,10,14H,9,19H2,(H,20,22,23)/t14-/m0/s1. The molecule has 1 heterocycles. The summed E-state index contributed by atoms with van der Waals surface area (Å²) in [6.07, 6.45) is 0.476. The highest BCUT2D eigenvalue weighted by atomic mass is 79.9. The molecule has 0 unspecified atom stereocenters. The van der Waals surface area contributed by atoms with Crippen molar-refractivity contribution < 1.29 is 4.79 Å². The number of carbonyl (C=O) groups is 1. The predicted octanol–water partition coefficient (Wildman–Crippen LogP) is 3.48. The van der Waals surface area contributed by atoms with Gasteiger partial charge in [-0.05, 0) is 24.1 Å². The van der Waals surface area contributed by atoms with E-state index in [0.29, 0.717) is 11.6 Å². The highest BCUT2D eigenvalue weighted by Crippen LogP contribution is 2.28. The first-order chi connectivity index (χ1) is 11.6. The minimum absolute atomic E-state index is 0.268. The van der Waals surface area contributed by atoms with Crippen LogP contribution in [0.25, 0.3) is 10.6 Å². The van der Waals surface area contributed by atoms with Gasteiger partial charge in [0.25, 0.3) is 0 Å². The molecule has 3 rings (SSSR count). The maximum Gasteiger partial charge on any atom is 0.243 e. The zero-order chi connectivity index (χ0) is 16.9. The molecule has 7 heteroatoms. The molecular formula is C17H15BrN4OS. The fourth-order valence-corrected chi connectivity index (χ4v) is 3.31. The Morgan fingerprint density at radius 1 is 1.17 bits per heavy atom. The Kier molecular flexibility index (Phi) is 5.34. The molecule has 0 aliphatic heterocycles. The third-order valence-electron chi connectivity index (χ3n) is 3.36. The van der Waals surface area contributed by atoms with E-state index in [2.05, 4.69) is 31.4 Å². The molecule has 0 saturated heterocycles. The molecule has 0 aliphatic rings. The van der Waals surface area contributed by atoms with Crippen molar-refractivity contribution in [2.24, 2.45) is 5.73 Å². The molecule has 3 N–H and O–H groups in total. The van der Waals surface area contributed by atoms with Crippen molar-refractivity contribution in [2.45, 2.75) is 12.5 Å². The van der Waals surface area contributed by atoms with Crippen LogP contribution in [0.3, 0.4) is 0 Å². The van der Waals surface area contributed by atoms with Gasteiger partial charge in [0.1, 0.15) is 5.01 Å². The second-order valence-corrected chi connectivity index (χ2v) is 7.10. The van der Waals surface area contributed by atoms with Crippen molar-refractivity contribution >= 4 is 38.3 Å². The molecule has 1 aromatic heterocycles. The Bertz CT molecular complexity index is 837. The van der Waals surface area contributed by atoms with Crippen LogP contribution >= 0.6 is 27.3 Å². The quantitative estimate of drug-likeness (QED) is 0.684. The second kappa shape index (κ2) is 7.65. The average Bonchev–Trinajstić information content (AvgIpc) is 3.04. The van der Waals surface area contributed by atoms with Crippen LogP contribution < -0.4 is 11.1 Å². The predicted molar refractivity (Wildman–Crippen MR) is 99.8 cm³/mol. The molecule has 5 nitrogen and oxygen atoms in total. The van der Waals surface area contributed by atoms with E-state index in [1.54, 1.807) is 0 Å². The maximum atomic E-state index is 12.2. The lowest BCUT2D eigenvalue weighted by molar-refractivity contribution is -0.117. The third kappa shape index (κ3) is 4.25. The first-order valence-corrected chi connectivity index (χ1v) is 8.92. The highest BCUT2D eigenvalue weighted by molar-refractivity contribution is 9.10. The van der Waals surface area contributed by atoms with Crippen LogP contribution in [0.15, 0.2) is 59.1 Å². The molecule has 2 aromatic carbocycles. The molecule has 0 fully saturated rings. The molecule has 1 atom stereocenters. The van der Waals surface area contributed by atoms with E-state index < -0.39 is 6.04 Å². The number of anilines is 1. The number of hydrogen-bond donors (Lipinski definition) is 2. The summed E-state index contributed by atoms with van der Waals surface area (Å²) in [6.45, 7) is 0. The number of hydrogen-bond acceptors (Lipinski definition) is 5. The first-order valence-electron chi connectivity index (χ1n) is 7.31. The van der Waals surface area contributed by atoms with Gasteiger partial charge in [0, 0.05) is 10.0 Å². The largest absolute Gasteiger partial charge is 0.320 e. The summed E-state index contributed by atoms with van der Waals surface area (Å²) < 4.78 is 0.964. The number of nitrogens with zero attached hydrogens (tertiary/aromatic N) is 2. The first kappa shape index (κ1) is 16.8. The van der Waals surface area contributed by atoms with E-state index >= 15 is 0 Å². The van der Waals surface area contributed by atoms with Gasteiger partial charge in [-0.15, -0.1) is 10.2 Å². The Labute approximate surface area is 152 Å². The lowest BCUT2D eigenvalue weighted by Crippen LogP contribution is -2.37. The zero-order valence-corrected chi connectivity index (χ0v) is 15.0.